The molecule has 1 nitrogen and oxygen atoms in total. The van der Waals surface area contributed by atoms with E-state index in [0.717, 1.165) is 0 Å². The van der Waals surface area contributed by atoms with Gasteiger partial charge in [0.25, 0.3) is 0 Å². The maximum absolute atomic E-state index is 3.34. The number of aromatic nitrogens is 1. The van der Waals surface area contributed by atoms with Gasteiger partial charge in [0.2, 0.25) is 0 Å². The van der Waals surface area contributed by atoms with Gasteiger partial charge in [-0.1, -0.05) is 38.1 Å². The quantitative estimate of drug-likeness (QED) is 0.749. The van der Waals surface area contributed by atoms with Gasteiger partial charge < -0.3 is 4.98 Å². The number of nitrogens with one attached hydrogen (secondary N) is 1. The molecule has 0 amide bonds. The van der Waals surface area contributed by atoms with Crippen molar-refractivity contribution in [3.63, 3.8) is 0 Å². The molecule has 0 spiro atoms. The molecule has 1 aromatic heterocycles. The van der Waals surface area contributed by atoms with Crippen LogP contribution in [0.1, 0.15) is 31.0 Å². The summed E-state index contributed by atoms with van der Waals surface area (Å²) >= 11 is 0. The fraction of sp³-hybridized carbons (Fsp3) is 0.286. The second kappa shape index (κ2) is 3.93. The molecule has 1 heteroatoms. The minimum atomic E-state index is 0.601. The first-order valence-electron chi connectivity index (χ1n) is 5.43. The molecule has 0 radical (unpaired) electrons. The fourth-order valence-corrected chi connectivity index (χ4v) is 1.72. The molecule has 0 fully saturated rings. The summed E-state index contributed by atoms with van der Waals surface area (Å²) in [5, 5.41) is 0. The Hall–Kier alpha value is -1.50. The van der Waals surface area contributed by atoms with Gasteiger partial charge in [-0.25, -0.2) is 0 Å². The van der Waals surface area contributed by atoms with Gasteiger partial charge in [-0.3, -0.25) is 0 Å². The topological polar surface area (TPSA) is 15.8 Å². The van der Waals surface area contributed by atoms with E-state index < -0.39 is 0 Å². The molecule has 0 saturated heterocycles. The normalized spacial score (nSPS) is 10.9. The van der Waals surface area contributed by atoms with Crippen LogP contribution in [0.15, 0.2) is 36.4 Å². The third-order valence-electron chi connectivity index (χ3n) is 2.72. The summed E-state index contributed by atoms with van der Waals surface area (Å²) in [6.07, 6.45) is 0. The van der Waals surface area contributed by atoms with Crippen LogP contribution in [0.25, 0.3) is 11.3 Å². The molecule has 15 heavy (non-hydrogen) atoms. The van der Waals surface area contributed by atoms with Crippen molar-refractivity contribution in [2.45, 2.75) is 26.7 Å². The maximum atomic E-state index is 3.34. The van der Waals surface area contributed by atoms with Crippen molar-refractivity contribution in [1.82, 2.24) is 4.98 Å². The lowest BCUT2D eigenvalue weighted by Crippen LogP contribution is -1.86. The molecule has 1 heterocycles. The Balaban J connectivity index is 2.31. The monoisotopic (exact) mass is 199 g/mol. The van der Waals surface area contributed by atoms with Crippen LogP contribution in [0.4, 0.5) is 0 Å². The van der Waals surface area contributed by atoms with Crippen molar-refractivity contribution < 1.29 is 0 Å². The highest BCUT2D eigenvalue weighted by molar-refractivity contribution is 5.60. The molecular formula is C14H17N. The second-order valence-electron chi connectivity index (χ2n) is 4.33. The summed E-state index contributed by atoms with van der Waals surface area (Å²) in [6, 6.07) is 13.0. The molecule has 0 aliphatic rings. The highest BCUT2D eigenvalue weighted by Gasteiger charge is 2.01. The van der Waals surface area contributed by atoms with Crippen molar-refractivity contribution in [3.8, 4) is 11.3 Å². The Morgan fingerprint density at radius 2 is 1.60 bits per heavy atom. The van der Waals surface area contributed by atoms with Gasteiger partial charge in [0.05, 0.1) is 0 Å². The summed E-state index contributed by atoms with van der Waals surface area (Å²) in [5.74, 6) is 0.601. The molecule has 1 aromatic carbocycles. The van der Waals surface area contributed by atoms with Crippen molar-refractivity contribution >= 4 is 0 Å². The lowest BCUT2D eigenvalue weighted by Gasteiger charge is -2.05. The average molecular weight is 199 g/mol. The number of rotatable bonds is 2. The van der Waals surface area contributed by atoms with E-state index in [9.17, 15) is 0 Å². The van der Waals surface area contributed by atoms with Gasteiger partial charge in [0, 0.05) is 11.4 Å². The minimum absolute atomic E-state index is 0.601. The number of aromatic amines is 1. The SMILES string of the molecule is Cc1ccc(-c2ccc(C(C)C)cc2)[nH]1. The zero-order valence-electron chi connectivity index (χ0n) is 9.54. The lowest BCUT2D eigenvalue weighted by atomic mass is 10.0. The number of hydrogen-bond donors (Lipinski definition) is 1. The van der Waals surface area contributed by atoms with Crippen LogP contribution in [0.3, 0.4) is 0 Å². The largest absolute Gasteiger partial charge is 0.359 e. The molecular weight excluding hydrogens is 182 g/mol. The average Bonchev–Trinajstić information content (AvgIpc) is 2.65. The summed E-state index contributed by atoms with van der Waals surface area (Å²) in [4.78, 5) is 3.34. The third-order valence-corrected chi connectivity index (χ3v) is 2.72. The maximum Gasteiger partial charge on any atom is 0.0455 e. The summed E-state index contributed by atoms with van der Waals surface area (Å²) in [6.45, 7) is 6.51. The molecule has 1 N–H and O–H groups in total. The second-order valence-corrected chi connectivity index (χ2v) is 4.33. The molecule has 0 bridgehead atoms. The van der Waals surface area contributed by atoms with Crippen molar-refractivity contribution in [2.75, 3.05) is 0 Å². The highest BCUT2D eigenvalue weighted by Crippen LogP contribution is 2.21. The summed E-state index contributed by atoms with van der Waals surface area (Å²) in [5.41, 5.74) is 5.05. The van der Waals surface area contributed by atoms with Gasteiger partial charge >= 0.3 is 0 Å². The van der Waals surface area contributed by atoms with E-state index in [2.05, 4.69) is 62.2 Å². The van der Waals surface area contributed by atoms with Crippen LogP contribution in [-0.2, 0) is 0 Å². The van der Waals surface area contributed by atoms with E-state index in [1.54, 1.807) is 0 Å². The predicted molar refractivity (Wildman–Crippen MR) is 65.1 cm³/mol. The number of aryl methyl sites for hydroxylation is 1. The summed E-state index contributed by atoms with van der Waals surface area (Å²) < 4.78 is 0. The first kappa shape index (κ1) is 10.0. The van der Waals surface area contributed by atoms with E-state index in [0.29, 0.717) is 5.92 Å². The minimum Gasteiger partial charge on any atom is -0.359 e. The Bertz CT molecular complexity index is 435. The first-order valence-corrected chi connectivity index (χ1v) is 5.43. The highest BCUT2D eigenvalue weighted by atomic mass is 14.7. The Labute approximate surface area is 91.2 Å². The van der Waals surface area contributed by atoms with E-state index in [1.807, 2.05) is 0 Å². The third kappa shape index (κ3) is 2.12. The molecule has 2 aromatic rings. The van der Waals surface area contributed by atoms with Crippen molar-refractivity contribution in [2.24, 2.45) is 0 Å². The van der Waals surface area contributed by atoms with Gasteiger partial charge in [0.15, 0.2) is 0 Å². The molecule has 0 aliphatic heterocycles. The predicted octanol–water partition coefficient (Wildman–Crippen LogP) is 4.11. The fourth-order valence-electron chi connectivity index (χ4n) is 1.72. The first-order chi connectivity index (χ1) is 7.16. The van der Waals surface area contributed by atoms with Gasteiger partial charge in [-0.15, -0.1) is 0 Å². The molecule has 0 aliphatic carbocycles. The van der Waals surface area contributed by atoms with Gasteiger partial charge in [-0.05, 0) is 36.1 Å². The molecule has 0 unspecified atom stereocenters. The standard InChI is InChI=1S/C14H17N/c1-10(2)12-5-7-13(8-6-12)14-9-4-11(3)15-14/h4-10,15H,1-3H3. The number of benzene rings is 1. The van der Waals surface area contributed by atoms with E-state index >= 15 is 0 Å². The Morgan fingerprint density at radius 1 is 0.933 bits per heavy atom. The smallest absolute Gasteiger partial charge is 0.0455 e. The molecule has 78 valence electrons. The van der Waals surface area contributed by atoms with E-state index in [4.69, 9.17) is 0 Å². The van der Waals surface area contributed by atoms with Crippen molar-refractivity contribution in [3.05, 3.63) is 47.7 Å². The van der Waals surface area contributed by atoms with E-state index in [1.165, 1.54) is 22.5 Å². The van der Waals surface area contributed by atoms with Crippen LogP contribution < -0.4 is 0 Å². The number of hydrogen-bond acceptors (Lipinski definition) is 0. The molecule has 2 rings (SSSR count). The van der Waals surface area contributed by atoms with Crippen LogP contribution in [0.5, 0.6) is 0 Å². The van der Waals surface area contributed by atoms with Crippen LogP contribution in [0, 0.1) is 6.92 Å². The lowest BCUT2D eigenvalue weighted by molar-refractivity contribution is 0.867. The Kier molecular flexibility index (Phi) is 2.63. The van der Waals surface area contributed by atoms with Crippen LogP contribution in [0.2, 0.25) is 0 Å². The van der Waals surface area contributed by atoms with E-state index in [-0.39, 0.29) is 0 Å². The summed E-state index contributed by atoms with van der Waals surface area (Å²) in [7, 11) is 0. The number of H-pyrrole nitrogens is 1. The van der Waals surface area contributed by atoms with Gasteiger partial charge in [0.1, 0.15) is 0 Å². The zero-order chi connectivity index (χ0) is 10.8. The van der Waals surface area contributed by atoms with Crippen LogP contribution in [-0.4, -0.2) is 4.98 Å². The Morgan fingerprint density at radius 3 is 2.07 bits per heavy atom. The van der Waals surface area contributed by atoms with Crippen molar-refractivity contribution in [1.29, 1.82) is 0 Å². The van der Waals surface area contributed by atoms with Crippen LogP contribution >= 0.6 is 0 Å². The zero-order valence-corrected chi connectivity index (χ0v) is 9.54. The van der Waals surface area contributed by atoms with Gasteiger partial charge in [-0.2, -0.15) is 0 Å². The molecule has 0 atom stereocenters. The molecule has 0 saturated carbocycles.